The van der Waals surface area contributed by atoms with Crippen LogP contribution in [0.15, 0.2) is 29.9 Å². The van der Waals surface area contributed by atoms with Crippen LogP contribution in [-0.2, 0) is 12.3 Å². The van der Waals surface area contributed by atoms with E-state index in [9.17, 15) is 5.11 Å². The highest BCUT2D eigenvalue weighted by Crippen LogP contribution is 2.37. The number of hydrogen-bond donors (Lipinski definition) is 1. The number of nitrogens with zero attached hydrogens (tertiary/aromatic N) is 3. The van der Waals surface area contributed by atoms with E-state index < -0.39 is 5.72 Å². The van der Waals surface area contributed by atoms with Gasteiger partial charge in [-0.1, -0.05) is 56.9 Å². The maximum Gasteiger partial charge on any atom is 0.396 e. The number of rotatable bonds is 10. The van der Waals surface area contributed by atoms with Crippen molar-refractivity contribution in [2.75, 3.05) is 11.4 Å². The van der Waals surface area contributed by atoms with Crippen LogP contribution in [0.4, 0.5) is 5.95 Å². The van der Waals surface area contributed by atoms with Gasteiger partial charge < -0.3 is 5.11 Å². The first-order chi connectivity index (χ1) is 12.6. The summed E-state index contributed by atoms with van der Waals surface area (Å²) in [6, 6.07) is 4.04. The first-order valence-corrected chi connectivity index (χ1v) is 10.9. The summed E-state index contributed by atoms with van der Waals surface area (Å²) in [5.74, 6) is 0.879. The van der Waals surface area contributed by atoms with E-state index in [1.165, 1.54) is 50.5 Å². The van der Waals surface area contributed by atoms with Gasteiger partial charge in [-0.25, -0.2) is 9.47 Å². The first-order valence-electron chi connectivity index (χ1n) is 10.1. The third-order valence-corrected chi connectivity index (χ3v) is 6.43. The van der Waals surface area contributed by atoms with Crippen molar-refractivity contribution in [1.82, 2.24) is 4.98 Å². The van der Waals surface area contributed by atoms with Gasteiger partial charge >= 0.3 is 5.95 Å². The Labute approximate surface area is 161 Å². The second-order valence-corrected chi connectivity index (χ2v) is 8.39. The Morgan fingerprint density at radius 1 is 1.19 bits per heavy atom. The summed E-state index contributed by atoms with van der Waals surface area (Å²) in [5.41, 5.74) is 0.237. The molecule has 3 heterocycles. The fourth-order valence-electron chi connectivity index (χ4n) is 3.77. The molecule has 4 nitrogen and oxygen atoms in total. The van der Waals surface area contributed by atoms with Gasteiger partial charge in [0.15, 0.2) is 0 Å². The van der Waals surface area contributed by atoms with Crippen molar-refractivity contribution >= 4 is 17.3 Å². The average Bonchev–Trinajstić information content (AvgIpc) is 3.19. The van der Waals surface area contributed by atoms with Crippen LogP contribution in [0.5, 0.6) is 0 Å². The zero-order valence-electron chi connectivity index (χ0n) is 16.2. The summed E-state index contributed by atoms with van der Waals surface area (Å²) in [4.78, 5) is 7.67. The minimum atomic E-state index is -0.971. The molecular formula is C21H32N3OS+. The summed E-state index contributed by atoms with van der Waals surface area (Å²) in [6.07, 6.45) is 14.2. The first kappa shape index (κ1) is 19.3. The molecule has 0 aliphatic carbocycles. The molecule has 26 heavy (non-hydrogen) atoms. The number of thiophene rings is 1. The summed E-state index contributed by atoms with van der Waals surface area (Å²) in [5, 5.41) is 13.6. The molecule has 0 saturated carbocycles. The van der Waals surface area contributed by atoms with E-state index in [4.69, 9.17) is 0 Å². The van der Waals surface area contributed by atoms with Crippen molar-refractivity contribution in [3.8, 4) is 0 Å². The molecule has 5 heteroatoms. The van der Waals surface area contributed by atoms with Gasteiger partial charge in [0.1, 0.15) is 12.7 Å². The molecule has 0 amide bonds. The number of aliphatic hydroxyl groups is 1. The number of anilines is 1. The topological polar surface area (TPSA) is 40.2 Å². The smallest absolute Gasteiger partial charge is 0.352 e. The van der Waals surface area contributed by atoms with E-state index in [-0.39, 0.29) is 0 Å². The average molecular weight is 375 g/mol. The molecule has 1 N–H and O–H groups in total. The van der Waals surface area contributed by atoms with Crippen LogP contribution in [0, 0.1) is 6.92 Å². The number of hydrogen-bond acceptors (Lipinski definition) is 4. The van der Waals surface area contributed by atoms with Crippen LogP contribution >= 0.6 is 11.3 Å². The van der Waals surface area contributed by atoms with E-state index in [1.54, 1.807) is 11.3 Å². The van der Waals surface area contributed by atoms with Gasteiger partial charge in [0.2, 0.25) is 0 Å². The van der Waals surface area contributed by atoms with Crippen molar-refractivity contribution in [2.45, 2.75) is 77.5 Å². The molecule has 0 radical (unpaired) electrons. The molecule has 2 aromatic heterocycles. The van der Waals surface area contributed by atoms with Gasteiger partial charge in [0.05, 0.1) is 17.6 Å². The number of unbranched alkanes of at least 4 members (excludes halogenated alkanes) is 7. The third-order valence-electron chi connectivity index (χ3n) is 5.24. The summed E-state index contributed by atoms with van der Waals surface area (Å²) in [6.45, 7) is 5.74. The Balaban J connectivity index is 1.61. The SMILES string of the molecule is CCCCCCCCCCN1c2nccc[n+]2CC1(O)c1cc(C)cs1. The Kier molecular flexibility index (Phi) is 6.65. The maximum atomic E-state index is 11.5. The van der Waals surface area contributed by atoms with Gasteiger partial charge in [0.25, 0.3) is 5.72 Å². The van der Waals surface area contributed by atoms with Crippen molar-refractivity contribution in [2.24, 2.45) is 0 Å². The zero-order chi connectivity index (χ0) is 18.4. The molecule has 142 valence electrons. The van der Waals surface area contributed by atoms with E-state index in [0.717, 1.165) is 23.8 Å². The quantitative estimate of drug-likeness (QED) is 0.490. The van der Waals surface area contributed by atoms with E-state index in [0.29, 0.717) is 6.54 Å². The Morgan fingerprint density at radius 3 is 2.62 bits per heavy atom. The predicted octanol–water partition coefficient (Wildman–Crippen LogP) is 4.55. The highest BCUT2D eigenvalue weighted by atomic mass is 32.1. The highest BCUT2D eigenvalue weighted by Gasteiger charge is 2.51. The van der Waals surface area contributed by atoms with E-state index in [2.05, 4.69) is 39.7 Å². The molecule has 0 aromatic carbocycles. The van der Waals surface area contributed by atoms with Gasteiger partial charge in [-0.15, -0.1) is 11.3 Å². The van der Waals surface area contributed by atoms with Crippen LogP contribution in [0.1, 0.15) is 68.7 Å². The molecule has 1 aliphatic rings. The lowest BCUT2D eigenvalue weighted by Crippen LogP contribution is -2.45. The van der Waals surface area contributed by atoms with Gasteiger partial charge in [-0.05, 0) is 30.4 Å². The summed E-state index contributed by atoms with van der Waals surface area (Å²) < 4.78 is 2.07. The van der Waals surface area contributed by atoms with Crippen molar-refractivity contribution in [1.29, 1.82) is 0 Å². The van der Waals surface area contributed by atoms with Crippen LogP contribution in [0.2, 0.25) is 0 Å². The van der Waals surface area contributed by atoms with Crippen molar-refractivity contribution in [3.05, 3.63) is 40.3 Å². The van der Waals surface area contributed by atoms with Gasteiger partial charge in [-0.3, -0.25) is 0 Å². The fourth-order valence-corrected chi connectivity index (χ4v) is 4.77. The molecular weight excluding hydrogens is 342 g/mol. The van der Waals surface area contributed by atoms with Crippen molar-refractivity contribution < 1.29 is 9.67 Å². The summed E-state index contributed by atoms with van der Waals surface area (Å²) >= 11 is 1.64. The largest absolute Gasteiger partial charge is 0.396 e. The lowest BCUT2D eigenvalue weighted by Gasteiger charge is -2.27. The summed E-state index contributed by atoms with van der Waals surface area (Å²) in [7, 11) is 0. The normalized spacial score (nSPS) is 19.1. The van der Waals surface area contributed by atoms with E-state index >= 15 is 0 Å². The fraction of sp³-hybridized carbons (Fsp3) is 0.619. The predicted molar refractivity (Wildman–Crippen MR) is 107 cm³/mol. The van der Waals surface area contributed by atoms with E-state index in [1.807, 2.05) is 18.5 Å². The maximum absolute atomic E-state index is 11.5. The molecule has 1 unspecified atom stereocenters. The van der Waals surface area contributed by atoms with Crippen molar-refractivity contribution in [3.63, 3.8) is 0 Å². The standard InChI is InChI=1S/C21H32N3OS/c1-3-4-5-6-7-8-9-10-14-24-20-22-12-11-13-23(20)17-21(24,25)19-15-18(2)16-26-19/h11-13,15-16,25H,3-10,14,17H2,1-2H3/q+1. The zero-order valence-corrected chi connectivity index (χ0v) is 17.0. The molecule has 0 fully saturated rings. The number of fused-ring (bicyclic) bond motifs is 1. The second-order valence-electron chi connectivity index (χ2n) is 7.48. The van der Waals surface area contributed by atoms with Crippen LogP contribution in [0.25, 0.3) is 0 Å². The molecule has 3 rings (SSSR count). The second kappa shape index (κ2) is 8.96. The molecule has 0 bridgehead atoms. The Hall–Kier alpha value is -1.46. The van der Waals surface area contributed by atoms with Gasteiger partial charge in [-0.2, -0.15) is 0 Å². The molecule has 2 aromatic rings. The lowest BCUT2D eigenvalue weighted by atomic mass is 10.1. The molecule has 1 aliphatic heterocycles. The lowest BCUT2D eigenvalue weighted by molar-refractivity contribution is -0.685. The Bertz CT molecular complexity index is 702. The molecule has 1 atom stereocenters. The number of aromatic nitrogens is 2. The highest BCUT2D eigenvalue weighted by molar-refractivity contribution is 7.10. The van der Waals surface area contributed by atoms with Crippen LogP contribution < -0.4 is 9.47 Å². The van der Waals surface area contributed by atoms with Crippen LogP contribution in [0.3, 0.4) is 0 Å². The third kappa shape index (κ3) is 4.26. The molecule has 0 saturated heterocycles. The number of aryl methyl sites for hydroxylation is 1. The monoisotopic (exact) mass is 374 g/mol. The minimum Gasteiger partial charge on any atom is -0.352 e. The Morgan fingerprint density at radius 2 is 1.92 bits per heavy atom. The molecule has 0 spiro atoms. The van der Waals surface area contributed by atoms with Gasteiger partial charge in [0, 0.05) is 6.07 Å². The minimum absolute atomic E-state index is 0.549. The van der Waals surface area contributed by atoms with Crippen LogP contribution in [-0.4, -0.2) is 16.6 Å².